The minimum Gasteiger partial charge on any atom is -0.343 e. The maximum absolute atomic E-state index is 11.4. The smallest absolute Gasteiger partial charge is 0.271 e. The van der Waals surface area contributed by atoms with Gasteiger partial charge in [-0.15, -0.1) is 0 Å². The van der Waals surface area contributed by atoms with Crippen LogP contribution >= 0.6 is 0 Å². The van der Waals surface area contributed by atoms with Crippen molar-refractivity contribution in [2.45, 2.75) is 6.54 Å². The molecule has 0 atom stereocenters. The number of amides is 1. The summed E-state index contributed by atoms with van der Waals surface area (Å²) in [6, 6.07) is 5.26. The van der Waals surface area contributed by atoms with Crippen molar-refractivity contribution in [3.05, 3.63) is 29.6 Å². The molecular formula is C9H13N3O. The number of pyridine rings is 1. The van der Waals surface area contributed by atoms with Gasteiger partial charge in [-0.3, -0.25) is 4.79 Å². The molecule has 0 spiro atoms. The summed E-state index contributed by atoms with van der Waals surface area (Å²) < 4.78 is 0. The highest BCUT2D eigenvalue weighted by Gasteiger charge is 2.08. The van der Waals surface area contributed by atoms with Crippen LogP contribution in [0.15, 0.2) is 18.2 Å². The number of carbonyl (C=O) groups excluding carboxylic acids is 1. The lowest BCUT2D eigenvalue weighted by Crippen LogP contribution is -2.23. The van der Waals surface area contributed by atoms with Crippen molar-refractivity contribution >= 4 is 5.91 Å². The SMILES string of the molecule is CN(C)C(=O)c1cccc(CN)n1. The first-order valence-corrected chi connectivity index (χ1v) is 4.03. The first-order chi connectivity index (χ1) is 6.15. The molecule has 4 nitrogen and oxygen atoms in total. The van der Waals surface area contributed by atoms with Gasteiger partial charge in [0.05, 0.1) is 5.69 Å². The summed E-state index contributed by atoms with van der Waals surface area (Å²) in [5, 5.41) is 0. The number of aromatic nitrogens is 1. The van der Waals surface area contributed by atoms with Crippen molar-refractivity contribution in [2.24, 2.45) is 5.73 Å². The second-order valence-corrected chi connectivity index (χ2v) is 2.92. The van der Waals surface area contributed by atoms with Crippen LogP contribution in [0.25, 0.3) is 0 Å². The quantitative estimate of drug-likeness (QED) is 0.707. The van der Waals surface area contributed by atoms with E-state index in [1.165, 1.54) is 4.90 Å². The van der Waals surface area contributed by atoms with Gasteiger partial charge >= 0.3 is 0 Å². The number of hydrogen-bond donors (Lipinski definition) is 1. The average Bonchev–Trinajstić information content (AvgIpc) is 2.16. The zero-order valence-electron chi connectivity index (χ0n) is 7.82. The van der Waals surface area contributed by atoms with Crippen LogP contribution in [0.1, 0.15) is 16.2 Å². The van der Waals surface area contributed by atoms with Gasteiger partial charge in [-0.2, -0.15) is 0 Å². The van der Waals surface area contributed by atoms with E-state index in [9.17, 15) is 4.79 Å². The molecule has 13 heavy (non-hydrogen) atoms. The second-order valence-electron chi connectivity index (χ2n) is 2.92. The molecule has 70 valence electrons. The van der Waals surface area contributed by atoms with Crippen LogP contribution in [0.5, 0.6) is 0 Å². The maximum atomic E-state index is 11.4. The van der Waals surface area contributed by atoms with E-state index < -0.39 is 0 Å². The van der Waals surface area contributed by atoms with E-state index in [4.69, 9.17) is 5.73 Å². The lowest BCUT2D eigenvalue weighted by molar-refractivity contribution is 0.0821. The molecule has 0 saturated carbocycles. The summed E-state index contributed by atoms with van der Waals surface area (Å²) in [6.07, 6.45) is 0. The molecule has 1 amide bonds. The molecule has 0 aliphatic heterocycles. The Labute approximate surface area is 77.4 Å². The minimum absolute atomic E-state index is 0.102. The Morgan fingerprint density at radius 3 is 2.77 bits per heavy atom. The molecule has 1 rings (SSSR count). The number of nitrogens with zero attached hydrogens (tertiary/aromatic N) is 2. The zero-order chi connectivity index (χ0) is 9.84. The largest absolute Gasteiger partial charge is 0.343 e. The van der Waals surface area contributed by atoms with Gasteiger partial charge < -0.3 is 10.6 Å². The summed E-state index contributed by atoms with van der Waals surface area (Å²) in [4.78, 5) is 17.0. The number of hydrogen-bond acceptors (Lipinski definition) is 3. The van der Waals surface area contributed by atoms with Gasteiger partial charge in [-0.1, -0.05) is 6.07 Å². The Morgan fingerprint density at radius 1 is 1.54 bits per heavy atom. The van der Waals surface area contributed by atoms with Crippen molar-refractivity contribution in [1.82, 2.24) is 9.88 Å². The van der Waals surface area contributed by atoms with Crippen LogP contribution in [0, 0.1) is 0 Å². The van der Waals surface area contributed by atoms with Gasteiger partial charge in [0.1, 0.15) is 5.69 Å². The molecule has 0 aliphatic rings. The molecule has 0 unspecified atom stereocenters. The van der Waals surface area contributed by atoms with Crippen molar-refractivity contribution in [1.29, 1.82) is 0 Å². The molecule has 0 bridgehead atoms. The van der Waals surface area contributed by atoms with Gasteiger partial charge in [0.2, 0.25) is 0 Å². The molecular weight excluding hydrogens is 166 g/mol. The summed E-state index contributed by atoms with van der Waals surface area (Å²) in [6.45, 7) is 0.356. The Balaban J connectivity index is 2.95. The molecule has 1 heterocycles. The normalized spacial score (nSPS) is 9.77. The Hall–Kier alpha value is -1.42. The second kappa shape index (κ2) is 4.00. The fourth-order valence-corrected chi connectivity index (χ4v) is 0.941. The molecule has 0 saturated heterocycles. The van der Waals surface area contributed by atoms with Crippen LogP contribution in [-0.2, 0) is 6.54 Å². The van der Waals surface area contributed by atoms with Crippen LogP contribution in [-0.4, -0.2) is 29.9 Å². The van der Waals surface area contributed by atoms with E-state index >= 15 is 0 Å². The van der Waals surface area contributed by atoms with E-state index in [1.807, 2.05) is 0 Å². The third-order valence-electron chi connectivity index (χ3n) is 1.64. The fourth-order valence-electron chi connectivity index (χ4n) is 0.941. The molecule has 2 N–H and O–H groups in total. The predicted molar refractivity (Wildman–Crippen MR) is 50.1 cm³/mol. The van der Waals surface area contributed by atoms with Gasteiger partial charge in [0.15, 0.2) is 0 Å². The molecule has 1 aromatic rings. The highest BCUT2D eigenvalue weighted by molar-refractivity contribution is 5.91. The van der Waals surface area contributed by atoms with Gasteiger partial charge in [0, 0.05) is 20.6 Å². The lowest BCUT2D eigenvalue weighted by Gasteiger charge is -2.09. The lowest BCUT2D eigenvalue weighted by atomic mass is 10.3. The zero-order valence-corrected chi connectivity index (χ0v) is 7.82. The highest BCUT2D eigenvalue weighted by Crippen LogP contribution is 2.00. The Bertz CT molecular complexity index is 309. The first kappa shape index (κ1) is 9.67. The standard InChI is InChI=1S/C9H13N3O/c1-12(2)9(13)8-5-3-4-7(6-10)11-8/h3-5H,6,10H2,1-2H3. The average molecular weight is 179 g/mol. The van der Waals surface area contributed by atoms with Crippen LogP contribution < -0.4 is 5.73 Å². The molecule has 0 aliphatic carbocycles. The monoisotopic (exact) mass is 179 g/mol. The van der Waals surface area contributed by atoms with E-state index in [0.29, 0.717) is 12.2 Å². The summed E-state index contributed by atoms with van der Waals surface area (Å²) in [5.74, 6) is -0.102. The van der Waals surface area contributed by atoms with E-state index in [1.54, 1.807) is 32.3 Å². The third-order valence-corrected chi connectivity index (χ3v) is 1.64. The Kier molecular flexibility index (Phi) is 2.97. The van der Waals surface area contributed by atoms with Crippen LogP contribution in [0.3, 0.4) is 0 Å². The van der Waals surface area contributed by atoms with Crippen LogP contribution in [0.4, 0.5) is 0 Å². The number of nitrogens with two attached hydrogens (primary N) is 1. The first-order valence-electron chi connectivity index (χ1n) is 4.03. The van der Waals surface area contributed by atoms with Gasteiger partial charge in [-0.05, 0) is 12.1 Å². The van der Waals surface area contributed by atoms with Crippen molar-refractivity contribution < 1.29 is 4.79 Å². The van der Waals surface area contributed by atoms with E-state index in [0.717, 1.165) is 5.69 Å². The van der Waals surface area contributed by atoms with Crippen molar-refractivity contribution in [3.8, 4) is 0 Å². The predicted octanol–water partition coefficient (Wildman–Crippen LogP) is 0.242. The van der Waals surface area contributed by atoms with E-state index in [-0.39, 0.29) is 5.91 Å². The van der Waals surface area contributed by atoms with Gasteiger partial charge in [-0.25, -0.2) is 4.98 Å². The fraction of sp³-hybridized carbons (Fsp3) is 0.333. The molecule has 0 fully saturated rings. The summed E-state index contributed by atoms with van der Waals surface area (Å²) in [7, 11) is 3.39. The Morgan fingerprint density at radius 2 is 2.23 bits per heavy atom. The molecule has 1 aromatic heterocycles. The highest BCUT2D eigenvalue weighted by atomic mass is 16.2. The van der Waals surface area contributed by atoms with Crippen molar-refractivity contribution in [3.63, 3.8) is 0 Å². The molecule has 0 aromatic carbocycles. The topological polar surface area (TPSA) is 59.2 Å². The minimum atomic E-state index is -0.102. The number of carbonyl (C=O) groups is 1. The van der Waals surface area contributed by atoms with E-state index in [2.05, 4.69) is 4.98 Å². The third kappa shape index (κ3) is 2.26. The van der Waals surface area contributed by atoms with Gasteiger partial charge in [0.25, 0.3) is 5.91 Å². The summed E-state index contributed by atoms with van der Waals surface area (Å²) >= 11 is 0. The number of rotatable bonds is 2. The van der Waals surface area contributed by atoms with Crippen LogP contribution in [0.2, 0.25) is 0 Å². The summed E-state index contributed by atoms with van der Waals surface area (Å²) in [5.41, 5.74) is 6.57. The van der Waals surface area contributed by atoms with Crippen molar-refractivity contribution in [2.75, 3.05) is 14.1 Å². The molecule has 0 radical (unpaired) electrons. The maximum Gasteiger partial charge on any atom is 0.271 e. The molecule has 4 heteroatoms.